The first kappa shape index (κ1) is 20.0. The van der Waals surface area contributed by atoms with Crippen LogP contribution in [-0.2, 0) is 17.5 Å². The van der Waals surface area contributed by atoms with Crippen LogP contribution in [0.3, 0.4) is 0 Å². The van der Waals surface area contributed by atoms with Crippen LogP contribution in [0.4, 0.5) is 13.2 Å². The van der Waals surface area contributed by atoms with Gasteiger partial charge in [0.25, 0.3) is 5.91 Å². The quantitative estimate of drug-likeness (QED) is 0.503. The van der Waals surface area contributed by atoms with Crippen LogP contribution in [0.2, 0.25) is 0 Å². The number of alkyl halides is 3. The van der Waals surface area contributed by atoms with Gasteiger partial charge in [-0.3, -0.25) is 4.79 Å². The van der Waals surface area contributed by atoms with Crippen LogP contribution in [0.5, 0.6) is 5.75 Å². The molecular formula is C18H15F3N6O2. The summed E-state index contributed by atoms with van der Waals surface area (Å²) < 4.78 is 43.5. The van der Waals surface area contributed by atoms with E-state index in [9.17, 15) is 18.0 Å². The minimum atomic E-state index is -4.48. The molecule has 8 nitrogen and oxygen atoms in total. The monoisotopic (exact) mass is 404 g/mol. The molecule has 1 heterocycles. The second-order valence-electron chi connectivity index (χ2n) is 5.79. The van der Waals surface area contributed by atoms with E-state index in [2.05, 4.69) is 25.9 Å². The van der Waals surface area contributed by atoms with Gasteiger partial charge in [-0.2, -0.15) is 23.1 Å². The highest BCUT2D eigenvalue weighted by Crippen LogP contribution is 2.31. The van der Waals surface area contributed by atoms with Crippen molar-refractivity contribution in [2.24, 2.45) is 5.10 Å². The molecule has 11 heteroatoms. The highest BCUT2D eigenvalue weighted by atomic mass is 19.4. The van der Waals surface area contributed by atoms with E-state index >= 15 is 0 Å². The summed E-state index contributed by atoms with van der Waals surface area (Å²) >= 11 is 0. The number of rotatable bonds is 6. The van der Waals surface area contributed by atoms with Crippen LogP contribution >= 0.6 is 0 Å². The molecular weight excluding hydrogens is 389 g/mol. The second kappa shape index (κ2) is 8.50. The number of hydrazone groups is 1. The minimum Gasteiger partial charge on any atom is -0.497 e. The van der Waals surface area contributed by atoms with Crippen molar-refractivity contribution in [1.29, 1.82) is 0 Å². The maximum absolute atomic E-state index is 12.8. The van der Waals surface area contributed by atoms with Gasteiger partial charge in [-0.1, -0.05) is 24.3 Å². The molecule has 1 amide bonds. The third kappa shape index (κ3) is 5.37. The Labute approximate surface area is 163 Å². The van der Waals surface area contributed by atoms with E-state index in [1.54, 1.807) is 24.3 Å². The summed E-state index contributed by atoms with van der Waals surface area (Å²) in [6.45, 7) is -0.304. The molecule has 3 rings (SSSR count). The second-order valence-corrected chi connectivity index (χ2v) is 5.79. The molecule has 0 aliphatic heterocycles. The number of methoxy groups -OCH3 is 1. The summed E-state index contributed by atoms with van der Waals surface area (Å²) in [6, 6.07) is 11.6. The van der Waals surface area contributed by atoms with Crippen molar-refractivity contribution in [3.63, 3.8) is 0 Å². The van der Waals surface area contributed by atoms with Gasteiger partial charge >= 0.3 is 6.18 Å². The fourth-order valence-corrected chi connectivity index (χ4v) is 2.32. The fraction of sp³-hybridized carbons (Fsp3) is 0.167. The third-order valence-corrected chi connectivity index (χ3v) is 3.68. The van der Waals surface area contributed by atoms with E-state index in [1.165, 1.54) is 25.5 Å². The molecule has 0 saturated carbocycles. The van der Waals surface area contributed by atoms with Crippen molar-refractivity contribution in [2.45, 2.75) is 12.7 Å². The number of amides is 1. The van der Waals surface area contributed by atoms with Crippen molar-refractivity contribution < 1.29 is 22.7 Å². The Morgan fingerprint density at radius 3 is 2.79 bits per heavy atom. The molecule has 0 radical (unpaired) electrons. The number of hydrogen-bond acceptors (Lipinski definition) is 6. The molecule has 0 atom stereocenters. The average molecular weight is 404 g/mol. The Morgan fingerprint density at radius 1 is 1.24 bits per heavy atom. The molecule has 0 saturated heterocycles. The molecule has 1 aromatic heterocycles. The van der Waals surface area contributed by atoms with E-state index in [0.29, 0.717) is 5.75 Å². The lowest BCUT2D eigenvalue weighted by molar-refractivity contribution is -0.137. The van der Waals surface area contributed by atoms with Gasteiger partial charge in [0, 0.05) is 5.56 Å². The van der Waals surface area contributed by atoms with E-state index in [-0.39, 0.29) is 17.9 Å². The predicted molar refractivity (Wildman–Crippen MR) is 97.0 cm³/mol. The van der Waals surface area contributed by atoms with Gasteiger partial charge in [0.15, 0.2) is 0 Å². The van der Waals surface area contributed by atoms with Gasteiger partial charge in [-0.15, -0.1) is 10.2 Å². The zero-order valence-corrected chi connectivity index (χ0v) is 15.1. The van der Waals surface area contributed by atoms with E-state index in [1.807, 2.05) is 0 Å². The van der Waals surface area contributed by atoms with Crippen molar-refractivity contribution >= 4 is 12.1 Å². The molecule has 0 bridgehead atoms. The number of ether oxygens (including phenoxy) is 1. The molecule has 0 aliphatic rings. The molecule has 0 aliphatic carbocycles. The number of aromatic nitrogens is 4. The van der Waals surface area contributed by atoms with E-state index < -0.39 is 17.6 Å². The SMILES string of the molecule is COc1cccc(/C=N\NC(=O)Cn2nnc(-c3cccc(C(F)(F)F)c3)n2)c1. The third-order valence-electron chi connectivity index (χ3n) is 3.68. The zero-order valence-electron chi connectivity index (χ0n) is 15.1. The first-order valence-electron chi connectivity index (χ1n) is 8.26. The Balaban J connectivity index is 1.61. The predicted octanol–water partition coefficient (Wildman–Crippen LogP) is 2.52. The molecule has 150 valence electrons. The smallest absolute Gasteiger partial charge is 0.416 e. The minimum absolute atomic E-state index is 0.0243. The molecule has 29 heavy (non-hydrogen) atoms. The Kier molecular flexibility index (Phi) is 5.86. The number of halogens is 3. The Morgan fingerprint density at radius 2 is 2.03 bits per heavy atom. The topological polar surface area (TPSA) is 94.3 Å². The van der Waals surface area contributed by atoms with Crippen LogP contribution in [0.15, 0.2) is 53.6 Å². The summed E-state index contributed by atoms with van der Waals surface area (Å²) in [6.07, 6.45) is -3.05. The Hall–Kier alpha value is -3.76. The van der Waals surface area contributed by atoms with Crippen LogP contribution < -0.4 is 10.2 Å². The number of carbonyl (C=O) groups is 1. The van der Waals surface area contributed by atoms with Crippen molar-refractivity contribution in [3.8, 4) is 17.1 Å². The van der Waals surface area contributed by atoms with Gasteiger partial charge < -0.3 is 4.74 Å². The van der Waals surface area contributed by atoms with Crippen LogP contribution in [0.25, 0.3) is 11.4 Å². The highest BCUT2D eigenvalue weighted by Gasteiger charge is 2.30. The van der Waals surface area contributed by atoms with Gasteiger partial charge in [-0.05, 0) is 35.0 Å². The molecule has 3 aromatic rings. The highest BCUT2D eigenvalue weighted by molar-refractivity contribution is 5.82. The summed E-state index contributed by atoms with van der Waals surface area (Å²) in [5.41, 5.74) is 2.34. The van der Waals surface area contributed by atoms with Crippen molar-refractivity contribution in [2.75, 3.05) is 7.11 Å². The van der Waals surface area contributed by atoms with Crippen molar-refractivity contribution in [1.82, 2.24) is 25.6 Å². The molecule has 2 aromatic carbocycles. The molecule has 1 N–H and O–H groups in total. The average Bonchev–Trinajstić information content (AvgIpc) is 3.16. The summed E-state index contributed by atoms with van der Waals surface area (Å²) in [5, 5.41) is 15.1. The number of tetrazole rings is 1. The summed E-state index contributed by atoms with van der Waals surface area (Å²) in [5.74, 6) is 0.0927. The normalized spacial score (nSPS) is 11.6. The summed E-state index contributed by atoms with van der Waals surface area (Å²) in [7, 11) is 1.54. The van der Waals surface area contributed by atoms with Crippen LogP contribution in [0.1, 0.15) is 11.1 Å². The van der Waals surface area contributed by atoms with Crippen LogP contribution in [-0.4, -0.2) is 39.4 Å². The van der Waals surface area contributed by atoms with Crippen LogP contribution in [0, 0.1) is 0 Å². The standard InChI is InChI=1S/C18H15F3N6O2/c1-29-15-7-2-4-12(8-15)10-22-23-16(28)11-27-25-17(24-26-27)13-5-3-6-14(9-13)18(19,20)21/h2-10H,11H2,1H3,(H,23,28)/b22-10-. The number of hydrogen-bond donors (Lipinski definition) is 1. The largest absolute Gasteiger partial charge is 0.497 e. The first-order valence-corrected chi connectivity index (χ1v) is 8.26. The van der Waals surface area contributed by atoms with E-state index in [0.717, 1.165) is 22.5 Å². The number of benzene rings is 2. The van der Waals surface area contributed by atoms with E-state index in [4.69, 9.17) is 4.74 Å². The number of carbonyl (C=O) groups excluding carboxylic acids is 1. The van der Waals surface area contributed by atoms with Crippen molar-refractivity contribution in [3.05, 3.63) is 59.7 Å². The van der Waals surface area contributed by atoms with Gasteiger partial charge in [0.1, 0.15) is 12.3 Å². The molecule has 0 unspecified atom stereocenters. The lowest BCUT2D eigenvalue weighted by atomic mass is 10.1. The van der Waals surface area contributed by atoms with Gasteiger partial charge in [-0.25, -0.2) is 5.43 Å². The Bertz CT molecular complexity index is 1030. The van der Waals surface area contributed by atoms with Gasteiger partial charge in [0.2, 0.25) is 5.82 Å². The summed E-state index contributed by atoms with van der Waals surface area (Å²) in [4.78, 5) is 12.9. The number of nitrogens with zero attached hydrogens (tertiary/aromatic N) is 5. The lowest BCUT2D eigenvalue weighted by Crippen LogP contribution is -2.24. The maximum Gasteiger partial charge on any atom is 0.416 e. The lowest BCUT2D eigenvalue weighted by Gasteiger charge is -2.06. The first-order chi connectivity index (χ1) is 13.8. The number of nitrogens with one attached hydrogen (secondary N) is 1. The maximum atomic E-state index is 12.8. The molecule has 0 spiro atoms. The van der Waals surface area contributed by atoms with Gasteiger partial charge in [0.05, 0.1) is 18.9 Å². The zero-order chi connectivity index (χ0) is 20.9. The molecule has 0 fully saturated rings. The fourth-order valence-electron chi connectivity index (χ4n) is 2.32.